The van der Waals surface area contributed by atoms with Crippen molar-refractivity contribution in [2.45, 2.75) is 19.8 Å². The van der Waals surface area contributed by atoms with Crippen LogP contribution in [0.5, 0.6) is 0 Å². The van der Waals surface area contributed by atoms with Gasteiger partial charge in [-0.15, -0.1) is 0 Å². The molecule has 2 fully saturated rings. The normalized spacial score (nSPS) is 27.2. The molecule has 17 heavy (non-hydrogen) atoms. The summed E-state index contributed by atoms with van der Waals surface area (Å²) in [7, 11) is 0. The second-order valence-electron chi connectivity index (χ2n) is 5.48. The summed E-state index contributed by atoms with van der Waals surface area (Å²) < 4.78 is 5.49. The minimum absolute atomic E-state index is 0.412. The molecule has 0 radical (unpaired) electrons. The maximum Gasteiger partial charge on any atom is 0.0472 e. The molecule has 2 heterocycles. The lowest BCUT2D eigenvalue weighted by Gasteiger charge is -2.43. The molecular formula is C13H26N2OS. The molecule has 2 saturated heterocycles. The van der Waals surface area contributed by atoms with E-state index < -0.39 is 0 Å². The van der Waals surface area contributed by atoms with Crippen LogP contribution in [-0.4, -0.2) is 68.0 Å². The van der Waals surface area contributed by atoms with Crippen molar-refractivity contribution in [3.05, 3.63) is 0 Å². The fourth-order valence-corrected chi connectivity index (χ4v) is 3.32. The smallest absolute Gasteiger partial charge is 0.0472 e. The van der Waals surface area contributed by atoms with Gasteiger partial charge in [0.15, 0.2) is 0 Å². The lowest BCUT2D eigenvalue weighted by Crippen LogP contribution is -2.51. The molecule has 0 aromatic carbocycles. The highest BCUT2D eigenvalue weighted by Crippen LogP contribution is 2.32. The van der Waals surface area contributed by atoms with E-state index >= 15 is 0 Å². The molecule has 0 N–H and O–H groups in total. The van der Waals surface area contributed by atoms with Gasteiger partial charge in [-0.1, -0.05) is 6.92 Å². The van der Waals surface area contributed by atoms with Gasteiger partial charge in [-0.05, 0) is 30.6 Å². The number of likely N-dealkylation sites (N-methyl/N-ethyl adjacent to an activating group) is 1. The summed E-state index contributed by atoms with van der Waals surface area (Å²) >= 11 is 4.59. The van der Waals surface area contributed by atoms with Crippen molar-refractivity contribution in [1.82, 2.24) is 9.80 Å². The fourth-order valence-electron chi connectivity index (χ4n) is 2.91. The van der Waals surface area contributed by atoms with Crippen molar-refractivity contribution in [3.8, 4) is 0 Å². The van der Waals surface area contributed by atoms with E-state index in [1.165, 1.54) is 52.1 Å². The van der Waals surface area contributed by atoms with Crippen molar-refractivity contribution in [2.75, 3.05) is 58.2 Å². The number of hydrogen-bond donors (Lipinski definition) is 1. The number of rotatable bonds is 4. The molecule has 0 unspecified atom stereocenters. The summed E-state index contributed by atoms with van der Waals surface area (Å²) in [6.45, 7) is 11.4. The second kappa shape index (κ2) is 6.41. The fraction of sp³-hybridized carbons (Fsp3) is 1.00. The molecule has 0 spiro atoms. The number of nitrogens with zero attached hydrogens (tertiary/aromatic N) is 2. The zero-order chi connectivity index (χ0) is 12.1. The molecular weight excluding hydrogens is 232 g/mol. The minimum atomic E-state index is 0.412. The van der Waals surface area contributed by atoms with Crippen LogP contribution < -0.4 is 0 Å². The Morgan fingerprint density at radius 2 is 1.65 bits per heavy atom. The van der Waals surface area contributed by atoms with Gasteiger partial charge in [-0.2, -0.15) is 12.6 Å². The molecule has 100 valence electrons. The summed E-state index contributed by atoms with van der Waals surface area (Å²) in [4.78, 5) is 5.17. The zero-order valence-corrected chi connectivity index (χ0v) is 11.9. The Bertz CT molecular complexity index is 223. The van der Waals surface area contributed by atoms with Gasteiger partial charge < -0.3 is 14.5 Å². The van der Waals surface area contributed by atoms with Crippen molar-refractivity contribution < 1.29 is 4.74 Å². The molecule has 0 aromatic rings. The summed E-state index contributed by atoms with van der Waals surface area (Å²) in [6, 6.07) is 0. The molecule has 0 amide bonds. The van der Waals surface area contributed by atoms with Crippen molar-refractivity contribution in [3.63, 3.8) is 0 Å². The Morgan fingerprint density at radius 3 is 2.18 bits per heavy atom. The van der Waals surface area contributed by atoms with E-state index in [1.54, 1.807) is 0 Å². The lowest BCUT2D eigenvalue weighted by molar-refractivity contribution is -0.000489. The number of thiol groups is 1. The van der Waals surface area contributed by atoms with Crippen LogP contribution in [0.4, 0.5) is 0 Å². The zero-order valence-electron chi connectivity index (χ0n) is 11.0. The number of piperazine rings is 1. The van der Waals surface area contributed by atoms with Gasteiger partial charge in [0, 0.05) is 45.9 Å². The molecule has 0 atom stereocenters. The minimum Gasteiger partial charge on any atom is -0.381 e. The SMILES string of the molecule is CCN1CCN(CC2(CS)CCOCC2)CC1. The van der Waals surface area contributed by atoms with Crippen LogP contribution in [0.3, 0.4) is 0 Å². The molecule has 0 aromatic heterocycles. The molecule has 0 aliphatic carbocycles. The molecule has 3 nitrogen and oxygen atoms in total. The maximum absolute atomic E-state index is 5.49. The van der Waals surface area contributed by atoms with Crippen LogP contribution in [0, 0.1) is 5.41 Å². The third kappa shape index (κ3) is 3.60. The molecule has 2 rings (SSSR count). The van der Waals surface area contributed by atoms with Gasteiger partial charge in [-0.25, -0.2) is 0 Å². The highest BCUT2D eigenvalue weighted by molar-refractivity contribution is 7.80. The van der Waals surface area contributed by atoms with Gasteiger partial charge >= 0.3 is 0 Å². The van der Waals surface area contributed by atoms with Crippen molar-refractivity contribution in [2.24, 2.45) is 5.41 Å². The third-order valence-corrected chi connectivity index (χ3v) is 5.03. The summed E-state index contributed by atoms with van der Waals surface area (Å²) in [5.74, 6) is 1.00. The average Bonchev–Trinajstić information content (AvgIpc) is 2.41. The van der Waals surface area contributed by atoms with E-state index in [9.17, 15) is 0 Å². The standard InChI is InChI=1S/C13H26N2OS/c1-2-14-5-7-15(8-6-14)11-13(12-17)3-9-16-10-4-13/h17H,2-12H2,1H3. The van der Waals surface area contributed by atoms with Crippen LogP contribution in [0.25, 0.3) is 0 Å². The van der Waals surface area contributed by atoms with Crippen LogP contribution in [0.1, 0.15) is 19.8 Å². The van der Waals surface area contributed by atoms with Gasteiger partial charge in [0.05, 0.1) is 0 Å². The molecule has 2 aliphatic heterocycles. The van der Waals surface area contributed by atoms with Gasteiger partial charge in [0.25, 0.3) is 0 Å². The maximum atomic E-state index is 5.49. The Kier molecular flexibility index (Phi) is 5.15. The third-order valence-electron chi connectivity index (χ3n) is 4.36. The first-order valence-corrected chi connectivity index (χ1v) is 7.54. The van der Waals surface area contributed by atoms with Gasteiger partial charge in [0.1, 0.15) is 0 Å². The predicted molar refractivity (Wildman–Crippen MR) is 74.9 cm³/mol. The van der Waals surface area contributed by atoms with E-state index in [0.717, 1.165) is 19.0 Å². The first kappa shape index (κ1) is 13.7. The van der Waals surface area contributed by atoms with Crippen molar-refractivity contribution in [1.29, 1.82) is 0 Å². The van der Waals surface area contributed by atoms with Gasteiger partial charge in [0.2, 0.25) is 0 Å². The Labute approximate surface area is 111 Å². The van der Waals surface area contributed by atoms with E-state index in [4.69, 9.17) is 4.74 Å². The van der Waals surface area contributed by atoms with Crippen LogP contribution in [-0.2, 0) is 4.74 Å². The van der Waals surface area contributed by atoms with E-state index in [1.807, 2.05) is 0 Å². The van der Waals surface area contributed by atoms with Crippen LogP contribution in [0.2, 0.25) is 0 Å². The van der Waals surface area contributed by atoms with Gasteiger partial charge in [-0.3, -0.25) is 0 Å². The highest BCUT2D eigenvalue weighted by atomic mass is 32.1. The number of ether oxygens (including phenoxy) is 1. The van der Waals surface area contributed by atoms with E-state index in [0.29, 0.717) is 5.41 Å². The monoisotopic (exact) mass is 258 g/mol. The summed E-state index contributed by atoms with van der Waals surface area (Å²) in [5, 5.41) is 0. The Morgan fingerprint density at radius 1 is 1.06 bits per heavy atom. The highest BCUT2D eigenvalue weighted by Gasteiger charge is 2.33. The first-order valence-electron chi connectivity index (χ1n) is 6.91. The topological polar surface area (TPSA) is 15.7 Å². The molecule has 0 saturated carbocycles. The molecule has 0 bridgehead atoms. The van der Waals surface area contributed by atoms with Crippen molar-refractivity contribution >= 4 is 12.6 Å². The average molecular weight is 258 g/mol. The predicted octanol–water partition coefficient (Wildman–Crippen LogP) is 1.35. The lowest BCUT2D eigenvalue weighted by atomic mass is 9.81. The Balaban J connectivity index is 1.82. The Hall–Kier alpha value is 0.230. The summed E-state index contributed by atoms with van der Waals surface area (Å²) in [6.07, 6.45) is 2.37. The second-order valence-corrected chi connectivity index (χ2v) is 5.80. The van der Waals surface area contributed by atoms with Crippen LogP contribution in [0.15, 0.2) is 0 Å². The quantitative estimate of drug-likeness (QED) is 0.767. The van der Waals surface area contributed by atoms with Crippen LogP contribution >= 0.6 is 12.6 Å². The van der Waals surface area contributed by atoms with E-state index in [-0.39, 0.29) is 0 Å². The largest absolute Gasteiger partial charge is 0.381 e. The molecule has 4 heteroatoms. The molecule has 2 aliphatic rings. The first-order chi connectivity index (χ1) is 8.28. The summed E-state index contributed by atoms with van der Waals surface area (Å²) in [5.41, 5.74) is 0.412. The number of hydrogen-bond acceptors (Lipinski definition) is 4. The van der Waals surface area contributed by atoms with E-state index in [2.05, 4.69) is 29.4 Å².